The smallest absolute Gasteiger partial charge is 0.255 e. The monoisotopic (exact) mass is 259 g/mol. The minimum absolute atomic E-state index is 0.144. The van der Waals surface area contributed by atoms with Gasteiger partial charge < -0.3 is 10.4 Å². The lowest BCUT2D eigenvalue weighted by molar-refractivity contribution is 0.0915. The maximum absolute atomic E-state index is 12.1. The molecule has 1 aromatic heterocycles. The van der Waals surface area contributed by atoms with E-state index >= 15 is 0 Å². The number of nitrogens with zero attached hydrogens (tertiary/aromatic N) is 2. The third-order valence-electron chi connectivity index (χ3n) is 2.95. The molecule has 2 aromatic rings. The van der Waals surface area contributed by atoms with Gasteiger partial charge in [0.25, 0.3) is 5.91 Å². The van der Waals surface area contributed by atoms with Crippen LogP contribution in [-0.4, -0.2) is 27.4 Å². The Hall–Kier alpha value is -2.14. The number of rotatable bonds is 4. The molecule has 0 bridgehead atoms. The van der Waals surface area contributed by atoms with E-state index in [0.717, 1.165) is 5.56 Å². The van der Waals surface area contributed by atoms with E-state index < -0.39 is 6.04 Å². The van der Waals surface area contributed by atoms with Gasteiger partial charge in [0.1, 0.15) is 0 Å². The van der Waals surface area contributed by atoms with Gasteiger partial charge in [-0.05, 0) is 12.5 Å². The molecule has 2 rings (SSSR count). The van der Waals surface area contributed by atoms with Crippen molar-refractivity contribution in [1.29, 1.82) is 0 Å². The SMILES string of the molecule is Cc1nn(C)cc1C(=O)N[C@@H](CO)c1ccccc1. The molecule has 0 aliphatic carbocycles. The van der Waals surface area contributed by atoms with Crippen molar-refractivity contribution in [3.05, 3.63) is 53.3 Å². The minimum Gasteiger partial charge on any atom is -0.394 e. The molecule has 2 N–H and O–H groups in total. The van der Waals surface area contributed by atoms with Gasteiger partial charge in [-0.15, -0.1) is 0 Å². The lowest BCUT2D eigenvalue weighted by Crippen LogP contribution is -2.31. The number of carbonyl (C=O) groups is 1. The second-order valence-corrected chi connectivity index (χ2v) is 4.42. The summed E-state index contributed by atoms with van der Waals surface area (Å²) in [5, 5.41) is 16.4. The predicted octanol–water partition coefficient (Wildman–Crippen LogP) is 1.19. The molecule has 1 aromatic carbocycles. The molecular weight excluding hydrogens is 242 g/mol. The molecule has 0 unspecified atom stereocenters. The Labute approximate surface area is 111 Å². The molecule has 0 saturated carbocycles. The lowest BCUT2D eigenvalue weighted by Gasteiger charge is -2.16. The Morgan fingerprint density at radius 2 is 2.11 bits per heavy atom. The zero-order valence-corrected chi connectivity index (χ0v) is 11.0. The number of nitrogens with one attached hydrogen (secondary N) is 1. The van der Waals surface area contributed by atoms with Gasteiger partial charge in [-0.2, -0.15) is 5.10 Å². The lowest BCUT2D eigenvalue weighted by atomic mass is 10.1. The standard InChI is InChI=1S/C14H17N3O2/c1-10-12(8-17(2)16-10)14(19)15-13(9-18)11-6-4-3-5-7-11/h3-8,13,18H,9H2,1-2H3,(H,15,19)/t13-/m0/s1. The predicted molar refractivity (Wildman–Crippen MR) is 71.7 cm³/mol. The first-order valence-electron chi connectivity index (χ1n) is 6.08. The van der Waals surface area contributed by atoms with Crippen molar-refractivity contribution in [3.63, 3.8) is 0 Å². The van der Waals surface area contributed by atoms with Gasteiger partial charge in [0.05, 0.1) is 23.9 Å². The molecular formula is C14H17N3O2. The first-order valence-corrected chi connectivity index (χ1v) is 6.08. The van der Waals surface area contributed by atoms with Gasteiger partial charge in [0, 0.05) is 13.2 Å². The number of aliphatic hydroxyl groups excluding tert-OH is 1. The quantitative estimate of drug-likeness (QED) is 0.866. The van der Waals surface area contributed by atoms with Crippen LogP contribution in [0.5, 0.6) is 0 Å². The summed E-state index contributed by atoms with van der Waals surface area (Å²) in [5.41, 5.74) is 2.07. The van der Waals surface area contributed by atoms with Gasteiger partial charge in [0.2, 0.25) is 0 Å². The highest BCUT2D eigenvalue weighted by molar-refractivity contribution is 5.95. The molecule has 5 nitrogen and oxygen atoms in total. The van der Waals surface area contributed by atoms with E-state index in [1.807, 2.05) is 30.3 Å². The molecule has 19 heavy (non-hydrogen) atoms. The second-order valence-electron chi connectivity index (χ2n) is 4.42. The summed E-state index contributed by atoms with van der Waals surface area (Å²) in [5.74, 6) is -0.228. The Morgan fingerprint density at radius 3 is 2.63 bits per heavy atom. The molecule has 0 aliphatic heterocycles. The maximum atomic E-state index is 12.1. The zero-order valence-electron chi connectivity index (χ0n) is 11.0. The van der Waals surface area contributed by atoms with E-state index in [1.165, 1.54) is 0 Å². The highest BCUT2D eigenvalue weighted by atomic mass is 16.3. The number of aliphatic hydroxyl groups is 1. The van der Waals surface area contributed by atoms with Crippen molar-refractivity contribution in [2.75, 3.05) is 6.61 Å². The molecule has 0 aliphatic rings. The zero-order chi connectivity index (χ0) is 13.8. The number of aromatic nitrogens is 2. The molecule has 1 amide bonds. The number of hydrogen-bond donors (Lipinski definition) is 2. The van der Waals surface area contributed by atoms with Crippen molar-refractivity contribution in [1.82, 2.24) is 15.1 Å². The summed E-state index contributed by atoms with van der Waals surface area (Å²) < 4.78 is 1.60. The average molecular weight is 259 g/mol. The first kappa shape index (κ1) is 13.3. The summed E-state index contributed by atoms with van der Waals surface area (Å²) in [6, 6.07) is 8.98. The van der Waals surface area contributed by atoms with Crippen LogP contribution in [0.2, 0.25) is 0 Å². The Kier molecular flexibility index (Phi) is 3.97. The van der Waals surface area contributed by atoms with E-state index in [2.05, 4.69) is 10.4 Å². The Balaban J connectivity index is 2.15. The van der Waals surface area contributed by atoms with Crippen LogP contribution >= 0.6 is 0 Å². The fourth-order valence-electron chi connectivity index (χ4n) is 1.98. The fourth-order valence-corrected chi connectivity index (χ4v) is 1.98. The molecule has 1 heterocycles. The van der Waals surface area contributed by atoms with Gasteiger partial charge in [-0.25, -0.2) is 0 Å². The molecule has 0 fully saturated rings. The largest absolute Gasteiger partial charge is 0.394 e. The minimum atomic E-state index is -0.409. The van der Waals surface area contributed by atoms with Gasteiger partial charge in [-0.1, -0.05) is 30.3 Å². The van der Waals surface area contributed by atoms with Crippen LogP contribution < -0.4 is 5.32 Å². The average Bonchev–Trinajstić information content (AvgIpc) is 2.76. The van der Waals surface area contributed by atoms with Crippen molar-refractivity contribution in [2.24, 2.45) is 7.05 Å². The third kappa shape index (κ3) is 3.00. The maximum Gasteiger partial charge on any atom is 0.255 e. The van der Waals surface area contributed by atoms with Crippen LogP contribution in [0, 0.1) is 6.92 Å². The number of benzene rings is 1. The Bertz CT molecular complexity index is 563. The highest BCUT2D eigenvalue weighted by Crippen LogP contribution is 2.13. The van der Waals surface area contributed by atoms with Gasteiger partial charge in [-0.3, -0.25) is 9.48 Å². The molecule has 1 atom stereocenters. The molecule has 0 spiro atoms. The summed E-state index contributed by atoms with van der Waals surface area (Å²) >= 11 is 0. The van der Waals surface area contributed by atoms with Crippen LogP contribution in [0.4, 0.5) is 0 Å². The topological polar surface area (TPSA) is 67.2 Å². The highest BCUT2D eigenvalue weighted by Gasteiger charge is 2.17. The van der Waals surface area contributed by atoms with Crippen molar-refractivity contribution < 1.29 is 9.90 Å². The molecule has 5 heteroatoms. The summed E-state index contributed by atoms with van der Waals surface area (Å²) in [6.45, 7) is 1.64. The van der Waals surface area contributed by atoms with E-state index in [9.17, 15) is 9.90 Å². The van der Waals surface area contributed by atoms with Crippen LogP contribution in [0.1, 0.15) is 27.7 Å². The summed E-state index contributed by atoms with van der Waals surface area (Å²) in [7, 11) is 1.77. The number of hydrogen-bond acceptors (Lipinski definition) is 3. The van der Waals surface area contributed by atoms with Crippen molar-refractivity contribution in [2.45, 2.75) is 13.0 Å². The summed E-state index contributed by atoms with van der Waals surface area (Å²) in [4.78, 5) is 12.1. The van der Waals surface area contributed by atoms with E-state index in [0.29, 0.717) is 11.3 Å². The molecule has 0 radical (unpaired) electrons. The van der Waals surface area contributed by atoms with E-state index in [4.69, 9.17) is 0 Å². The van der Waals surface area contributed by atoms with Crippen molar-refractivity contribution >= 4 is 5.91 Å². The third-order valence-corrected chi connectivity index (χ3v) is 2.95. The van der Waals surface area contributed by atoms with Crippen LogP contribution in [0.25, 0.3) is 0 Å². The first-order chi connectivity index (χ1) is 9.11. The number of carbonyl (C=O) groups excluding carboxylic acids is 1. The molecule has 100 valence electrons. The van der Waals surface area contributed by atoms with E-state index in [-0.39, 0.29) is 12.5 Å². The normalized spacial score (nSPS) is 12.2. The summed E-state index contributed by atoms with van der Waals surface area (Å²) in [6.07, 6.45) is 1.67. The van der Waals surface area contributed by atoms with E-state index in [1.54, 1.807) is 24.9 Å². The number of amides is 1. The molecule has 0 saturated heterocycles. The number of aryl methyl sites for hydroxylation is 2. The van der Waals surface area contributed by atoms with Crippen LogP contribution in [-0.2, 0) is 7.05 Å². The van der Waals surface area contributed by atoms with Crippen molar-refractivity contribution in [3.8, 4) is 0 Å². The van der Waals surface area contributed by atoms with Crippen LogP contribution in [0.3, 0.4) is 0 Å². The Morgan fingerprint density at radius 1 is 1.42 bits per heavy atom. The van der Waals surface area contributed by atoms with Crippen LogP contribution in [0.15, 0.2) is 36.5 Å². The van der Waals surface area contributed by atoms with Gasteiger partial charge >= 0.3 is 0 Å². The fraction of sp³-hybridized carbons (Fsp3) is 0.286. The van der Waals surface area contributed by atoms with Gasteiger partial charge in [0.15, 0.2) is 0 Å². The second kappa shape index (κ2) is 5.67.